The third kappa shape index (κ3) is 2.67. The van der Waals surface area contributed by atoms with Crippen molar-refractivity contribution in [3.63, 3.8) is 0 Å². The predicted molar refractivity (Wildman–Crippen MR) is 71.3 cm³/mol. The summed E-state index contributed by atoms with van der Waals surface area (Å²) in [5.41, 5.74) is 0.286. The molecule has 0 aliphatic carbocycles. The van der Waals surface area contributed by atoms with Crippen LogP contribution >= 0.6 is 0 Å². The van der Waals surface area contributed by atoms with E-state index < -0.39 is 0 Å². The Kier molecular flexibility index (Phi) is 4.11. The van der Waals surface area contributed by atoms with Crippen molar-refractivity contribution in [2.75, 3.05) is 19.7 Å². The van der Waals surface area contributed by atoms with Gasteiger partial charge in [0.2, 0.25) is 0 Å². The van der Waals surface area contributed by atoms with Crippen LogP contribution in [0.4, 0.5) is 0 Å². The summed E-state index contributed by atoms with van der Waals surface area (Å²) in [6.07, 6.45) is 4.04. The van der Waals surface area contributed by atoms with Crippen molar-refractivity contribution in [3.8, 4) is 0 Å². The largest absolute Gasteiger partial charge is 0.377 e. The molecule has 0 aromatic rings. The highest BCUT2D eigenvalue weighted by Gasteiger charge is 2.40. The Labute approximate surface area is 106 Å². The summed E-state index contributed by atoms with van der Waals surface area (Å²) < 4.78 is 5.75. The van der Waals surface area contributed by atoms with Crippen LogP contribution in [0.5, 0.6) is 0 Å². The summed E-state index contributed by atoms with van der Waals surface area (Å²) in [5.74, 6) is 0. The minimum Gasteiger partial charge on any atom is -0.377 e. The van der Waals surface area contributed by atoms with E-state index in [2.05, 4.69) is 37.9 Å². The molecule has 17 heavy (non-hydrogen) atoms. The van der Waals surface area contributed by atoms with E-state index in [1.54, 1.807) is 0 Å². The topological polar surface area (TPSA) is 24.5 Å². The van der Waals surface area contributed by atoms with Crippen molar-refractivity contribution in [2.24, 2.45) is 0 Å². The number of hydrogen-bond donors (Lipinski definition) is 1. The summed E-state index contributed by atoms with van der Waals surface area (Å²) in [6, 6.07) is 1.32. The maximum Gasteiger partial charge on any atom is 0.0703 e. The maximum atomic E-state index is 5.75. The highest BCUT2D eigenvalue weighted by atomic mass is 16.5. The molecule has 4 unspecified atom stereocenters. The molecule has 0 radical (unpaired) electrons. The number of piperazine rings is 1. The number of nitrogens with one attached hydrogen (secondary N) is 1. The van der Waals surface area contributed by atoms with E-state index >= 15 is 0 Å². The fourth-order valence-electron chi connectivity index (χ4n) is 3.23. The van der Waals surface area contributed by atoms with E-state index in [1.165, 1.54) is 25.8 Å². The fraction of sp³-hybridized carbons (Fsp3) is 1.00. The zero-order chi connectivity index (χ0) is 12.5. The predicted octanol–water partition coefficient (Wildman–Crippen LogP) is 2.02. The monoisotopic (exact) mass is 240 g/mol. The van der Waals surface area contributed by atoms with Crippen molar-refractivity contribution in [1.29, 1.82) is 0 Å². The molecule has 2 aliphatic rings. The molecule has 3 nitrogen and oxygen atoms in total. The van der Waals surface area contributed by atoms with E-state index in [4.69, 9.17) is 4.74 Å². The third-order valence-electron chi connectivity index (χ3n) is 4.78. The second-order valence-corrected chi connectivity index (χ2v) is 5.96. The summed E-state index contributed by atoms with van der Waals surface area (Å²) in [4.78, 5) is 2.72. The van der Waals surface area contributed by atoms with Crippen molar-refractivity contribution >= 4 is 0 Å². The normalized spacial score (nSPS) is 44.1. The number of hydrogen-bond acceptors (Lipinski definition) is 3. The van der Waals surface area contributed by atoms with E-state index in [9.17, 15) is 0 Å². The molecule has 0 amide bonds. The SMILES string of the molecule is CCC1CNC(C)(CC)CN1C1CCOC1C. The van der Waals surface area contributed by atoms with Gasteiger partial charge in [-0.2, -0.15) is 0 Å². The van der Waals surface area contributed by atoms with Crippen LogP contribution in [0, 0.1) is 0 Å². The highest BCUT2D eigenvalue weighted by molar-refractivity contribution is 4.98. The van der Waals surface area contributed by atoms with Crippen LogP contribution in [-0.2, 0) is 4.74 Å². The Morgan fingerprint density at radius 3 is 2.71 bits per heavy atom. The fourth-order valence-corrected chi connectivity index (χ4v) is 3.23. The lowest BCUT2D eigenvalue weighted by Crippen LogP contribution is -2.65. The molecule has 100 valence electrons. The number of nitrogens with zero attached hydrogens (tertiary/aromatic N) is 1. The van der Waals surface area contributed by atoms with Gasteiger partial charge >= 0.3 is 0 Å². The molecule has 0 bridgehead atoms. The van der Waals surface area contributed by atoms with Gasteiger partial charge in [-0.15, -0.1) is 0 Å². The molecule has 3 heteroatoms. The lowest BCUT2D eigenvalue weighted by atomic mass is 9.90. The minimum atomic E-state index is 0.286. The second-order valence-electron chi connectivity index (χ2n) is 5.96. The van der Waals surface area contributed by atoms with Crippen molar-refractivity contribution in [1.82, 2.24) is 10.2 Å². The van der Waals surface area contributed by atoms with Gasteiger partial charge in [0, 0.05) is 37.3 Å². The van der Waals surface area contributed by atoms with Crippen LogP contribution in [0.15, 0.2) is 0 Å². The first-order valence-corrected chi connectivity index (χ1v) is 7.22. The lowest BCUT2D eigenvalue weighted by Gasteiger charge is -2.49. The van der Waals surface area contributed by atoms with E-state index in [1.807, 2.05) is 0 Å². The van der Waals surface area contributed by atoms with Gasteiger partial charge in [0.05, 0.1) is 6.10 Å². The van der Waals surface area contributed by atoms with Crippen LogP contribution < -0.4 is 5.32 Å². The molecule has 0 aromatic heterocycles. The Hall–Kier alpha value is -0.120. The summed E-state index contributed by atoms with van der Waals surface area (Å²) in [5, 5.41) is 3.73. The van der Waals surface area contributed by atoms with Gasteiger partial charge in [-0.3, -0.25) is 4.90 Å². The Morgan fingerprint density at radius 1 is 1.41 bits per heavy atom. The Bertz CT molecular complexity index is 259. The molecule has 0 spiro atoms. The molecular formula is C14H28N2O. The van der Waals surface area contributed by atoms with Gasteiger partial charge < -0.3 is 10.1 Å². The van der Waals surface area contributed by atoms with E-state index in [0.29, 0.717) is 18.2 Å². The van der Waals surface area contributed by atoms with Crippen LogP contribution in [0.2, 0.25) is 0 Å². The van der Waals surface area contributed by atoms with Crippen molar-refractivity contribution in [3.05, 3.63) is 0 Å². The standard InChI is InChI=1S/C14H28N2O/c1-5-12-9-15-14(4,6-2)10-16(12)13-7-8-17-11(13)3/h11-13,15H,5-10H2,1-4H3. The molecule has 2 aliphatic heterocycles. The highest BCUT2D eigenvalue weighted by Crippen LogP contribution is 2.28. The van der Waals surface area contributed by atoms with Gasteiger partial charge in [0.1, 0.15) is 0 Å². The van der Waals surface area contributed by atoms with Crippen LogP contribution in [0.3, 0.4) is 0 Å². The van der Waals surface area contributed by atoms with Gasteiger partial charge in [-0.1, -0.05) is 13.8 Å². The van der Waals surface area contributed by atoms with Crippen LogP contribution in [0.25, 0.3) is 0 Å². The second kappa shape index (κ2) is 5.25. The number of rotatable bonds is 3. The summed E-state index contributed by atoms with van der Waals surface area (Å²) >= 11 is 0. The molecule has 2 rings (SSSR count). The minimum absolute atomic E-state index is 0.286. The first-order valence-electron chi connectivity index (χ1n) is 7.22. The molecule has 2 saturated heterocycles. The average molecular weight is 240 g/mol. The van der Waals surface area contributed by atoms with Gasteiger partial charge in [-0.05, 0) is 33.1 Å². The van der Waals surface area contributed by atoms with Crippen molar-refractivity contribution < 1.29 is 4.74 Å². The smallest absolute Gasteiger partial charge is 0.0703 e. The first kappa shape index (κ1) is 13.3. The molecule has 0 aromatic carbocycles. The Morgan fingerprint density at radius 2 is 2.18 bits per heavy atom. The van der Waals surface area contributed by atoms with Crippen LogP contribution in [0.1, 0.15) is 47.0 Å². The molecule has 4 atom stereocenters. The Balaban J connectivity index is 2.09. The molecular weight excluding hydrogens is 212 g/mol. The molecule has 2 fully saturated rings. The van der Waals surface area contributed by atoms with Gasteiger partial charge in [0.25, 0.3) is 0 Å². The van der Waals surface area contributed by atoms with Gasteiger partial charge in [0.15, 0.2) is 0 Å². The first-order chi connectivity index (χ1) is 8.09. The summed E-state index contributed by atoms with van der Waals surface area (Å²) in [7, 11) is 0. The number of ether oxygens (including phenoxy) is 1. The van der Waals surface area contributed by atoms with Gasteiger partial charge in [-0.25, -0.2) is 0 Å². The zero-order valence-corrected chi connectivity index (χ0v) is 11.8. The average Bonchev–Trinajstić information content (AvgIpc) is 2.75. The zero-order valence-electron chi connectivity index (χ0n) is 11.8. The quantitative estimate of drug-likeness (QED) is 0.817. The van der Waals surface area contributed by atoms with E-state index in [-0.39, 0.29) is 5.54 Å². The van der Waals surface area contributed by atoms with Crippen molar-refractivity contribution in [2.45, 2.75) is 70.7 Å². The third-order valence-corrected chi connectivity index (χ3v) is 4.78. The maximum absolute atomic E-state index is 5.75. The lowest BCUT2D eigenvalue weighted by molar-refractivity contribution is 0.00994. The summed E-state index contributed by atoms with van der Waals surface area (Å²) in [6.45, 7) is 12.4. The molecule has 2 heterocycles. The van der Waals surface area contributed by atoms with Crippen LogP contribution in [-0.4, -0.2) is 48.3 Å². The molecule has 0 saturated carbocycles. The van der Waals surface area contributed by atoms with E-state index in [0.717, 1.165) is 13.2 Å². The molecule has 1 N–H and O–H groups in total.